The second-order valence-corrected chi connectivity index (χ2v) is 1.82. The highest BCUT2D eigenvalue weighted by molar-refractivity contribution is 5.47. The summed E-state index contributed by atoms with van der Waals surface area (Å²) < 4.78 is 0. The Bertz CT molecular complexity index is 133. The fraction of sp³-hybridized carbons (Fsp3) is 0.222. The Morgan fingerprint density at radius 1 is 1.17 bits per heavy atom. The number of amides is 1. The number of rotatable bonds is 5. The van der Waals surface area contributed by atoms with E-state index in [0.717, 1.165) is 12.7 Å². The van der Waals surface area contributed by atoms with E-state index in [1.807, 2.05) is 0 Å². The summed E-state index contributed by atoms with van der Waals surface area (Å²) in [7, 11) is 0. The van der Waals surface area contributed by atoms with Crippen LogP contribution in [0.25, 0.3) is 0 Å². The van der Waals surface area contributed by atoms with Crippen LogP contribution in [0.4, 0.5) is 0 Å². The first kappa shape index (κ1) is 13.1. The molecule has 0 aromatic heterocycles. The summed E-state index contributed by atoms with van der Waals surface area (Å²) in [6.45, 7) is 11.1. The number of carbonyl (C=O) groups is 1. The lowest BCUT2D eigenvalue weighted by atomic mass is 10.5. The van der Waals surface area contributed by atoms with Gasteiger partial charge in [-0.25, -0.2) is 0 Å². The van der Waals surface area contributed by atoms with Crippen LogP contribution < -0.4 is 0 Å². The SMILES string of the molecule is C=CCN(C=O)CC=C.C=CO. The fourth-order valence-corrected chi connectivity index (χ4v) is 0.492. The predicted octanol–water partition coefficient (Wildman–Crippen LogP) is 1.50. The molecular formula is C9H15NO2. The Morgan fingerprint density at radius 3 is 1.67 bits per heavy atom. The van der Waals surface area contributed by atoms with Crippen LogP contribution in [0, 0.1) is 0 Å². The van der Waals surface area contributed by atoms with Crippen LogP contribution in [0.5, 0.6) is 0 Å². The number of hydrogen-bond donors (Lipinski definition) is 1. The lowest BCUT2D eigenvalue weighted by Crippen LogP contribution is -2.21. The molecule has 12 heavy (non-hydrogen) atoms. The first-order valence-corrected chi connectivity index (χ1v) is 3.43. The van der Waals surface area contributed by atoms with E-state index < -0.39 is 0 Å². The van der Waals surface area contributed by atoms with Crippen molar-refractivity contribution in [1.29, 1.82) is 0 Å². The maximum absolute atomic E-state index is 10.1. The van der Waals surface area contributed by atoms with Crippen molar-refractivity contribution in [2.75, 3.05) is 13.1 Å². The second kappa shape index (κ2) is 12.2. The molecule has 0 aliphatic heterocycles. The third-order valence-corrected chi connectivity index (χ3v) is 0.876. The molecule has 1 amide bonds. The van der Waals surface area contributed by atoms with E-state index in [1.54, 1.807) is 17.1 Å². The van der Waals surface area contributed by atoms with Gasteiger partial charge in [0.25, 0.3) is 0 Å². The van der Waals surface area contributed by atoms with Crippen molar-refractivity contribution in [3.63, 3.8) is 0 Å². The molecule has 0 aliphatic carbocycles. The summed E-state index contributed by atoms with van der Waals surface area (Å²) in [4.78, 5) is 11.7. The van der Waals surface area contributed by atoms with Crippen molar-refractivity contribution in [1.82, 2.24) is 4.90 Å². The Balaban J connectivity index is 0. The van der Waals surface area contributed by atoms with Crippen molar-refractivity contribution in [2.45, 2.75) is 0 Å². The molecule has 0 spiro atoms. The van der Waals surface area contributed by atoms with E-state index in [9.17, 15) is 4.79 Å². The number of hydrogen-bond acceptors (Lipinski definition) is 2. The highest BCUT2D eigenvalue weighted by Gasteiger charge is 1.91. The number of nitrogens with zero attached hydrogens (tertiary/aromatic N) is 1. The van der Waals surface area contributed by atoms with Crippen molar-refractivity contribution in [3.05, 3.63) is 38.2 Å². The molecule has 0 aromatic rings. The van der Waals surface area contributed by atoms with Gasteiger partial charge in [0, 0.05) is 13.1 Å². The van der Waals surface area contributed by atoms with E-state index in [0.29, 0.717) is 13.1 Å². The molecule has 0 bridgehead atoms. The van der Waals surface area contributed by atoms with Crippen molar-refractivity contribution < 1.29 is 9.90 Å². The van der Waals surface area contributed by atoms with Gasteiger partial charge in [-0.2, -0.15) is 0 Å². The molecule has 0 fully saturated rings. The quantitative estimate of drug-likeness (QED) is 0.385. The van der Waals surface area contributed by atoms with Gasteiger partial charge in [0.05, 0.1) is 6.26 Å². The first-order chi connectivity index (χ1) is 5.76. The molecule has 0 saturated carbocycles. The van der Waals surface area contributed by atoms with Gasteiger partial charge < -0.3 is 10.0 Å². The van der Waals surface area contributed by atoms with Gasteiger partial charge in [-0.3, -0.25) is 4.79 Å². The van der Waals surface area contributed by atoms with Crippen molar-refractivity contribution in [3.8, 4) is 0 Å². The third-order valence-electron chi connectivity index (χ3n) is 0.876. The van der Waals surface area contributed by atoms with Gasteiger partial charge >= 0.3 is 0 Å². The average molecular weight is 169 g/mol. The average Bonchev–Trinajstić information content (AvgIpc) is 2.05. The van der Waals surface area contributed by atoms with E-state index in [1.165, 1.54) is 0 Å². The van der Waals surface area contributed by atoms with Gasteiger partial charge in [-0.1, -0.05) is 18.7 Å². The number of aliphatic hydroxyl groups excluding tert-OH is 1. The summed E-state index contributed by atoms with van der Waals surface area (Å²) in [5.41, 5.74) is 0. The van der Waals surface area contributed by atoms with Crippen LogP contribution in [0.2, 0.25) is 0 Å². The Morgan fingerprint density at radius 2 is 1.50 bits per heavy atom. The maximum atomic E-state index is 10.1. The summed E-state index contributed by atoms with van der Waals surface area (Å²) in [5.74, 6) is 0. The van der Waals surface area contributed by atoms with Gasteiger partial charge in [0.15, 0.2) is 0 Å². The van der Waals surface area contributed by atoms with Crippen LogP contribution in [-0.2, 0) is 4.79 Å². The molecule has 0 aliphatic rings. The molecule has 0 heterocycles. The summed E-state index contributed by atoms with van der Waals surface area (Å²) in [6, 6.07) is 0. The smallest absolute Gasteiger partial charge is 0.210 e. The molecule has 1 N–H and O–H groups in total. The summed E-state index contributed by atoms with van der Waals surface area (Å²) in [5, 5.41) is 7.33. The minimum Gasteiger partial charge on any atom is -0.516 e. The van der Waals surface area contributed by atoms with Gasteiger partial charge in [0.1, 0.15) is 0 Å². The molecule has 3 nitrogen and oxygen atoms in total. The lowest BCUT2D eigenvalue weighted by Gasteiger charge is -2.10. The molecule has 0 radical (unpaired) electrons. The fourth-order valence-electron chi connectivity index (χ4n) is 0.492. The van der Waals surface area contributed by atoms with Crippen molar-refractivity contribution >= 4 is 6.41 Å². The highest BCUT2D eigenvalue weighted by Crippen LogP contribution is 1.81. The monoisotopic (exact) mass is 169 g/mol. The zero-order chi connectivity index (χ0) is 9.82. The number of aliphatic hydroxyl groups is 1. The maximum Gasteiger partial charge on any atom is 0.210 e. The molecule has 3 heteroatoms. The van der Waals surface area contributed by atoms with Gasteiger partial charge in [0.2, 0.25) is 6.41 Å². The molecule has 68 valence electrons. The third kappa shape index (κ3) is 11.3. The van der Waals surface area contributed by atoms with E-state index >= 15 is 0 Å². The zero-order valence-electron chi connectivity index (χ0n) is 7.15. The van der Waals surface area contributed by atoms with Crippen LogP contribution in [0.1, 0.15) is 0 Å². The van der Waals surface area contributed by atoms with Gasteiger partial charge in [-0.15, -0.1) is 13.2 Å². The second-order valence-electron chi connectivity index (χ2n) is 1.82. The minimum atomic E-state index is 0.593. The first-order valence-electron chi connectivity index (χ1n) is 3.43. The molecule has 0 unspecified atom stereocenters. The Kier molecular flexibility index (Phi) is 13.3. The van der Waals surface area contributed by atoms with E-state index in [-0.39, 0.29) is 0 Å². The zero-order valence-corrected chi connectivity index (χ0v) is 7.15. The number of carbonyl (C=O) groups excluding carboxylic acids is 1. The highest BCUT2D eigenvalue weighted by atomic mass is 16.2. The predicted molar refractivity (Wildman–Crippen MR) is 50.9 cm³/mol. The molecule has 0 atom stereocenters. The Labute approximate surface area is 73.3 Å². The van der Waals surface area contributed by atoms with Crippen LogP contribution in [0.15, 0.2) is 38.2 Å². The summed E-state index contributed by atoms with van der Waals surface area (Å²) in [6.07, 6.45) is 4.89. The standard InChI is InChI=1S/C7H11NO.C2H4O/c1-3-5-8(7-9)6-4-2;1-2-3/h3-4,7H,1-2,5-6H2;2-3H,1H2. The molecular weight excluding hydrogens is 154 g/mol. The lowest BCUT2D eigenvalue weighted by molar-refractivity contribution is -0.117. The van der Waals surface area contributed by atoms with Crippen molar-refractivity contribution in [2.24, 2.45) is 0 Å². The van der Waals surface area contributed by atoms with Gasteiger partial charge in [-0.05, 0) is 0 Å². The van der Waals surface area contributed by atoms with E-state index in [2.05, 4.69) is 19.7 Å². The Hall–Kier alpha value is -1.51. The minimum absolute atomic E-state index is 0.593. The molecule has 0 saturated heterocycles. The molecule has 0 rings (SSSR count). The van der Waals surface area contributed by atoms with E-state index in [4.69, 9.17) is 5.11 Å². The molecule has 0 aromatic carbocycles. The normalized spacial score (nSPS) is 7.00. The topological polar surface area (TPSA) is 40.5 Å². The van der Waals surface area contributed by atoms with Crippen LogP contribution >= 0.6 is 0 Å². The largest absolute Gasteiger partial charge is 0.516 e. The van der Waals surface area contributed by atoms with Crippen LogP contribution in [0.3, 0.4) is 0 Å². The van der Waals surface area contributed by atoms with Crippen LogP contribution in [-0.4, -0.2) is 29.5 Å². The summed E-state index contributed by atoms with van der Waals surface area (Å²) >= 11 is 0.